The van der Waals surface area contributed by atoms with Gasteiger partial charge in [-0.25, -0.2) is 4.98 Å². The molecule has 0 N–H and O–H groups in total. The number of aromatic nitrogens is 2. The maximum absolute atomic E-state index is 8.36. The van der Waals surface area contributed by atoms with Gasteiger partial charge in [-0.3, -0.25) is 0 Å². The smallest absolute Gasteiger partial charge is 0.398 e. The first-order chi connectivity index (χ1) is 11.8. The Kier molecular flexibility index (Phi) is 1.14. The predicted molar refractivity (Wildman–Crippen MR) is 71.0 cm³/mol. The molecule has 2 aliphatic rings. The van der Waals surface area contributed by atoms with E-state index in [1.165, 1.54) is 0 Å². The Morgan fingerprint density at radius 3 is 2.61 bits per heavy atom. The van der Waals surface area contributed by atoms with Gasteiger partial charge in [0.05, 0.1) is 19.5 Å². The fourth-order valence-electron chi connectivity index (χ4n) is 1.72. The molecule has 0 aromatic carbocycles. The van der Waals surface area contributed by atoms with Crippen LogP contribution in [0.3, 0.4) is 0 Å². The summed E-state index contributed by atoms with van der Waals surface area (Å²) in [5.41, 5.74) is -1.78. The molecule has 2 fully saturated rings. The summed E-state index contributed by atoms with van der Waals surface area (Å²) in [4.78, 5) is 3.94. The van der Waals surface area contributed by atoms with Gasteiger partial charge < -0.3 is 13.9 Å². The Morgan fingerprint density at radius 2 is 2.11 bits per heavy atom. The van der Waals surface area contributed by atoms with E-state index in [1.54, 1.807) is 27.7 Å². The molecular formula is C13H21BN2O2. The Labute approximate surface area is 121 Å². The number of nitrogens with zero attached hydrogens (tertiary/aromatic N) is 2. The van der Waals surface area contributed by atoms with Gasteiger partial charge in [-0.1, -0.05) is 0 Å². The van der Waals surface area contributed by atoms with Crippen LogP contribution in [-0.2, 0) is 9.31 Å². The van der Waals surface area contributed by atoms with Crippen molar-refractivity contribution in [2.45, 2.75) is 64.5 Å². The van der Waals surface area contributed by atoms with Crippen molar-refractivity contribution in [2.75, 3.05) is 0 Å². The summed E-state index contributed by atoms with van der Waals surface area (Å²) < 4.78 is 83.0. The third-order valence-electron chi connectivity index (χ3n) is 3.60. The number of hydrogen-bond acceptors (Lipinski definition) is 3. The summed E-state index contributed by atoms with van der Waals surface area (Å²) in [6.07, 6.45) is -5.99. The van der Waals surface area contributed by atoms with Crippen molar-refractivity contribution in [3.63, 3.8) is 0 Å². The minimum Gasteiger partial charge on any atom is -0.398 e. The second-order valence-corrected chi connectivity index (χ2v) is 5.45. The second-order valence-electron chi connectivity index (χ2n) is 5.45. The Balaban J connectivity index is 2.18. The molecule has 1 aromatic rings. The lowest BCUT2D eigenvalue weighted by atomic mass is 9.86. The fourth-order valence-corrected chi connectivity index (χ4v) is 1.72. The quantitative estimate of drug-likeness (QED) is 0.758. The molecule has 5 heteroatoms. The van der Waals surface area contributed by atoms with Crippen LogP contribution in [0.1, 0.15) is 64.6 Å². The van der Waals surface area contributed by atoms with Gasteiger partial charge >= 0.3 is 7.12 Å². The Morgan fingerprint density at radius 1 is 1.50 bits per heavy atom. The van der Waals surface area contributed by atoms with Gasteiger partial charge in [-0.05, 0) is 47.3 Å². The monoisotopic (exact) mass is 257 g/mol. The number of rotatable bonds is 2. The highest BCUT2D eigenvalue weighted by Gasteiger charge is 2.52. The van der Waals surface area contributed by atoms with Crippen molar-refractivity contribution in [3.05, 3.63) is 12.0 Å². The summed E-state index contributed by atoms with van der Waals surface area (Å²) in [7, 11) is -1.19. The van der Waals surface area contributed by atoms with E-state index in [9.17, 15) is 0 Å². The van der Waals surface area contributed by atoms with Crippen molar-refractivity contribution >= 4 is 12.7 Å². The molecule has 3 rings (SSSR count). The molecule has 0 radical (unpaired) electrons. The SMILES string of the molecule is [2H]c1c(B2OC(C)(C)C(C)(C)O2)nc(C([2H])([2H])[2H])n1C1([2H])C([2H])([2H])C1([2H])[2H]. The van der Waals surface area contributed by atoms with Crippen LogP contribution >= 0.6 is 0 Å². The number of hydrogen-bond donors (Lipinski definition) is 0. The van der Waals surface area contributed by atoms with Crippen LogP contribution in [0.5, 0.6) is 0 Å². The first-order valence-corrected chi connectivity index (χ1v) is 5.79. The molecule has 18 heavy (non-hydrogen) atoms. The predicted octanol–water partition coefficient (Wildman–Crippen LogP) is 1.83. The van der Waals surface area contributed by atoms with E-state index in [-0.39, 0.29) is 5.59 Å². The van der Waals surface area contributed by atoms with Crippen LogP contribution in [0.25, 0.3) is 0 Å². The second kappa shape index (κ2) is 3.61. The van der Waals surface area contributed by atoms with Crippen molar-refractivity contribution in [2.24, 2.45) is 0 Å². The third kappa shape index (κ3) is 1.80. The van der Waals surface area contributed by atoms with E-state index in [4.69, 9.17) is 21.6 Å². The standard InChI is InChI=1S/C13H21BN2O2/c1-9-15-11(8-16(9)10-6-7-10)14-17-12(2,3)13(4,5)18-14/h8,10H,6-7H2,1-5H3/i1D3,6D2,7D2,8D,10D. The average molecular weight is 257 g/mol. The molecule has 0 bridgehead atoms. The van der Waals surface area contributed by atoms with E-state index < -0.39 is 55.9 Å². The summed E-state index contributed by atoms with van der Waals surface area (Å²) in [5.74, 6) is -0.738. The normalized spacial score (nSPS) is 41.1. The molecule has 0 atom stereocenters. The van der Waals surface area contributed by atoms with E-state index in [1.807, 2.05) is 0 Å². The molecular weight excluding hydrogens is 227 g/mol. The van der Waals surface area contributed by atoms with E-state index in [0.717, 1.165) is 0 Å². The lowest BCUT2D eigenvalue weighted by Crippen LogP contribution is -2.41. The van der Waals surface area contributed by atoms with Gasteiger partial charge in [0, 0.05) is 21.8 Å². The van der Waals surface area contributed by atoms with Crippen LogP contribution in [0.15, 0.2) is 6.17 Å². The lowest BCUT2D eigenvalue weighted by molar-refractivity contribution is 0.00578. The van der Waals surface area contributed by atoms with Crippen molar-refractivity contribution in [1.29, 1.82) is 0 Å². The van der Waals surface area contributed by atoms with Crippen LogP contribution in [0.4, 0.5) is 0 Å². The van der Waals surface area contributed by atoms with E-state index in [2.05, 4.69) is 4.98 Å². The largest absolute Gasteiger partial charge is 0.516 e. The Bertz CT molecular complexity index is 772. The van der Waals surface area contributed by atoms with Crippen LogP contribution in [0, 0.1) is 6.85 Å². The molecule has 1 saturated heterocycles. The molecule has 1 saturated carbocycles. The topological polar surface area (TPSA) is 36.3 Å². The third-order valence-corrected chi connectivity index (χ3v) is 3.60. The fraction of sp³-hybridized carbons (Fsp3) is 0.769. The molecule has 4 nitrogen and oxygen atoms in total. The Hall–Kier alpha value is -0.805. The maximum atomic E-state index is 8.36. The highest BCUT2D eigenvalue weighted by atomic mass is 16.7. The van der Waals surface area contributed by atoms with Crippen molar-refractivity contribution < 1.29 is 21.6 Å². The summed E-state index contributed by atoms with van der Waals surface area (Å²) >= 11 is 0. The van der Waals surface area contributed by atoms with Crippen molar-refractivity contribution in [3.8, 4) is 0 Å². The summed E-state index contributed by atoms with van der Waals surface area (Å²) in [6, 6.07) is -2.63. The molecule has 0 unspecified atom stereocenters. The molecule has 1 aromatic heterocycles. The maximum Gasteiger partial charge on any atom is 0.516 e. The van der Waals surface area contributed by atoms with Gasteiger partial charge in [0.15, 0.2) is 0 Å². The van der Waals surface area contributed by atoms with Crippen LogP contribution in [0.2, 0.25) is 0 Å². The highest BCUT2D eigenvalue weighted by molar-refractivity contribution is 6.61. The minimum atomic E-state index is -2.89. The lowest BCUT2D eigenvalue weighted by Gasteiger charge is -2.32. The molecule has 1 aliphatic carbocycles. The van der Waals surface area contributed by atoms with Crippen molar-refractivity contribution in [1.82, 2.24) is 9.55 Å². The first-order valence-electron chi connectivity index (χ1n) is 10.3. The zero-order chi connectivity index (χ0) is 21.0. The average Bonchev–Trinajstić information content (AvgIpc) is 2.78. The molecule has 0 spiro atoms. The zero-order valence-corrected chi connectivity index (χ0v) is 10.8. The van der Waals surface area contributed by atoms with Gasteiger partial charge in [-0.2, -0.15) is 0 Å². The summed E-state index contributed by atoms with van der Waals surface area (Å²) in [5, 5.41) is 0. The molecule has 98 valence electrons. The van der Waals surface area contributed by atoms with Crippen LogP contribution < -0.4 is 5.59 Å². The highest BCUT2D eigenvalue weighted by Crippen LogP contribution is 2.37. The first kappa shape index (κ1) is 5.67. The minimum absolute atomic E-state index is 0.218. The summed E-state index contributed by atoms with van der Waals surface area (Å²) in [6.45, 7) is 4.18. The molecule has 2 heterocycles. The van der Waals surface area contributed by atoms with Gasteiger partial charge in [0.2, 0.25) is 0 Å². The molecule has 1 aliphatic heterocycles. The molecule has 0 amide bonds. The van der Waals surface area contributed by atoms with Gasteiger partial charge in [0.25, 0.3) is 0 Å². The number of imidazole rings is 1. The zero-order valence-electron chi connectivity index (χ0n) is 19.8. The number of aryl methyl sites for hydroxylation is 1. The van der Waals surface area contributed by atoms with Gasteiger partial charge in [0.1, 0.15) is 5.82 Å². The van der Waals surface area contributed by atoms with E-state index in [0.29, 0.717) is 4.57 Å². The van der Waals surface area contributed by atoms with Gasteiger partial charge in [-0.15, -0.1) is 0 Å². The van der Waals surface area contributed by atoms with Crippen LogP contribution in [-0.4, -0.2) is 27.9 Å². The van der Waals surface area contributed by atoms with E-state index >= 15 is 0 Å².